The molecule has 1 aromatic carbocycles. The fraction of sp³-hybridized carbons (Fsp3) is 0.154. The lowest BCUT2D eigenvalue weighted by atomic mass is 10.2. The van der Waals surface area contributed by atoms with Crippen molar-refractivity contribution in [2.24, 2.45) is 7.05 Å². The van der Waals surface area contributed by atoms with Crippen LogP contribution in [0.25, 0.3) is 22.4 Å². The van der Waals surface area contributed by atoms with E-state index >= 15 is 0 Å². The summed E-state index contributed by atoms with van der Waals surface area (Å²) in [4.78, 5) is 7.72. The Morgan fingerprint density at radius 1 is 1.39 bits per heavy atom. The van der Waals surface area contributed by atoms with E-state index in [0.29, 0.717) is 11.1 Å². The van der Waals surface area contributed by atoms with Crippen LogP contribution in [0.15, 0.2) is 24.4 Å². The van der Waals surface area contributed by atoms with Crippen LogP contribution in [0.3, 0.4) is 0 Å². The highest BCUT2D eigenvalue weighted by molar-refractivity contribution is 5.84. The first-order valence-corrected chi connectivity index (χ1v) is 5.58. The molecule has 1 N–H and O–H groups in total. The van der Waals surface area contributed by atoms with Crippen molar-refractivity contribution >= 4 is 11.0 Å². The van der Waals surface area contributed by atoms with Gasteiger partial charge in [0, 0.05) is 13.2 Å². The quantitative estimate of drug-likeness (QED) is 0.704. The molecule has 18 heavy (non-hydrogen) atoms. The normalized spacial score (nSPS) is 10.7. The van der Waals surface area contributed by atoms with Crippen molar-refractivity contribution in [1.29, 1.82) is 5.26 Å². The van der Waals surface area contributed by atoms with Gasteiger partial charge in [-0.3, -0.25) is 4.68 Å². The number of H-pyrrole nitrogens is 1. The Morgan fingerprint density at radius 2 is 2.22 bits per heavy atom. The molecule has 3 rings (SSSR count). The Hall–Kier alpha value is -2.61. The number of aryl methyl sites for hydroxylation is 2. The summed E-state index contributed by atoms with van der Waals surface area (Å²) in [6.45, 7) is 1.94. The summed E-state index contributed by atoms with van der Waals surface area (Å²) in [5.74, 6) is 0.748. The number of nitrogens with zero attached hydrogens (tertiary/aromatic N) is 4. The molecular weight excluding hydrogens is 226 g/mol. The maximum absolute atomic E-state index is 9.05. The number of aromatic amines is 1. The van der Waals surface area contributed by atoms with Crippen LogP contribution in [-0.4, -0.2) is 19.7 Å². The predicted octanol–water partition coefficient (Wildman–Crippen LogP) is 2.14. The van der Waals surface area contributed by atoms with Gasteiger partial charge in [0.2, 0.25) is 0 Å². The Labute approximate surface area is 104 Å². The molecule has 0 unspecified atom stereocenters. The van der Waals surface area contributed by atoms with Crippen LogP contribution in [0, 0.1) is 18.3 Å². The lowest BCUT2D eigenvalue weighted by molar-refractivity contribution is 0.756. The summed E-state index contributed by atoms with van der Waals surface area (Å²) < 4.78 is 1.75. The second kappa shape index (κ2) is 3.70. The molecule has 5 heteroatoms. The molecule has 2 heterocycles. The minimum Gasteiger partial charge on any atom is -0.338 e. The van der Waals surface area contributed by atoms with Gasteiger partial charge in [0.1, 0.15) is 17.4 Å². The van der Waals surface area contributed by atoms with Crippen LogP contribution in [0.5, 0.6) is 0 Å². The van der Waals surface area contributed by atoms with Crippen molar-refractivity contribution in [2.45, 2.75) is 6.92 Å². The van der Waals surface area contributed by atoms with Gasteiger partial charge in [0.15, 0.2) is 0 Å². The maximum atomic E-state index is 9.05. The number of nitriles is 1. The third kappa shape index (κ3) is 1.47. The van der Waals surface area contributed by atoms with Gasteiger partial charge in [0.25, 0.3) is 0 Å². The summed E-state index contributed by atoms with van der Waals surface area (Å²) in [6.07, 6.45) is 1.92. The van der Waals surface area contributed by atoms with Crippen LogP contribution in [-0.2, 0) is 7.05 Å². The van der Waals surface area contributed by atoms with Gasteiger partial charge in [-0.25, -0.2) is 4.98 Å². The van der Waals surface area contributed by atoms with Crippen LogP contribution < -0.4 is 0 Å². The van der Waals surface area contributed by atoms with E-state index in [0.717, 1.165) is 22.6 Å². The molecule has 0 aliphatic carbocycles. The molecule has 0 amide bonds. The average molecular weight is 237 g/mol. The summed E-state index contributed by atoms with van der Waals surface area (Å²) >= 11 is 0. The molecule has 0 radical (unpaired) electrons. The predicted molar refractivity (Wildman–Crippen MR) is 67.7 cm³/mol. The van der Waals surface area contributed by atoms with Gasteiger partial charge in [-0.15, -0.1) is 0 Å². The Morgan fingerprint density at radius 3 is 2.89 bits per heavy atom. The fourth-order valence-corrected chi connectivity index (χ4v) is 2.08. The molecular formula is C13H11N5. The average Bonchev–Trinajstić information content (AvgIpc) is 2.91. The van der Waals surface area contributed by atoms with E-state index in [-0.39, 0.29) is 0 Å². The molecule has 0 bridgehead atoms. The van der Waals surface area contributed by atoms with Crippen LogP contribution in [0.1, 0.15) is 11.3 Å². The standard InChI is InChI=1S/C13H11N5/c1-8-10(7-18(2)17-8)13-15-11-5-3-4-9(6-14)12(11)16-13/h3-5,7H,1-2H3,(H,15,16). The summed E-state index contributed by atoms with van der Waals surface area (Å²) in [5.41, 5.74) is 4.02. The molecule has 5 nitrogen and oxygen atoms in total. The minimum absolute atomic E-state index is 0.580. The molecule has 0 aliphatic rings. The molecule has 2 aromatic heterocycles. The lowest BCUT2D eigenvalue weighted by Crippen LogP contribution is -1.86. The van der Waals surface area contributed by atoms with Gasteiger partial charge >= 0.3 is 0 Å². The van der Waals surface area contributed by atoms with Gasteiger partial charge in [-0.05, 0) is 19.1 Å². The number of nitrogens with one attached hydrogen (secondary N) is 1. The van der Waals surface area contributed by atoms with E-state index in [2.05, 4.69) is 21.1 Å². The summed E-state index contributed by atoms with van der Waals surface area (Å²) in [5, 5.41) is 13.3. The first-order chi connectivity index (χ1) is 8.69. The van der Waals surface area contributed by atoms with Gasteiger partial charge in [0.05, 0.1) is 22.3 Å². The number of para-hydroxylation sites is 1. The fourth-order valence-electron chi connectivity index (χ4n) is 2.08. The molecule has 88 valence electrons. The van der Waals surface area contributed by atoms with E-state index < -0.39 is 0 Å². The topological polar surface area (TPSA) is 70.3 Å². The molecule has 3 aromatic rings. The van der Waals surface area contributed by atoms with Crippen molar-refractivity contribution in [2.75, 3.05) is 0 Å². The second-order valence-corrected chi connectivity index (χ2v) is 4.20. The zero-order valence-corrected chi connectivity index (χ0v) is 10.1. The zero-order valence-electron chi connectivity index (χ0n) is 10.1. The van der Waals surface area contributed by atoms with Gasteiger partial charge < -0.3 is 4.98 Å². The molecule has 0 spiro atoms. The number of aromatic nitrogens is 4. The largest absolute Gasteiger partial charge is 0.338 e. The van der Waals surface area contributed by atoms with Crippen molar-refractivity contribution < 1.29 is 0 Å². The highest BCUT2D eigenvalue weighted by atomic mass is 15.3. The van der Waals surface area contributed by atoms with Crippen LogP contribution in [0.4, 0.5) is 0 Å². The highest BCUT2D eigenvalue weighted by Gasteiger charge is 2.12. The molecule has 0 saturated heterocycles. The number of imidazole rings is 1. The van der Waals surface area contributed by atoms with E-state index in [1.54, 1.807) is 10.7 Å². The number of fused-ring (bicyclic) bond motifs is 1. The third-order valence-corrected chi connectivity index (χ3v) is 2.90. The lowest BCUT2D eigenvalue weighted by Gasteiger charge is -1.90. The monoisotopic (exact) mass is 237 g/mol. The van der Waals surface area contributed by atoms with Crippen LogP contribution in [0.2, 0.25) is 0 Å². The van der Waals surface area contributed by atoms with Crippen molar-refractivity contribution in [3.8, 4) is 17.5 Å². The molecule has 0 aliphatic heterocycles. The SMILES string of the molecule is Cc1nn(C)cc1-c1nc2c(C#N)cccc2[nH]1. The number of hydrogen-bond acceptors (Lipinski definition) is 3. The minimum atomic E-state index is 0.580. The van der Waals surface area contributed by atoms with E-state index in [9.17, 15) is 0 Å². The van der Waals surface area contributed by atoms with Gasteiger partial charge in [-0.2, -0.15) is 10.4 Å². The number of hydrogen-bond donors (Lipinski definition) is 1. The summed E-state index contributed by atoms with van der Waals surface area (Å²) in [7, 11) is 1.87. The van der Waals surface area contributed by atoms with E-state index in [1.165, 1.54) is 0 Å². The Bertz CT molecular complexity index is 772. The first kappa shape index (κ1) is 10.5. The van der Waals surface area contributed by atoms with E-state index in [4.69, 9.17) is 5.26 Å². The highest BCUT2D eigenvalue weighted by Crippen LogP contribution is 2.24. The first-order valence-electron chi connectivity index (χ1n) is 5.58. The Kier molecular flexibility index (Phi) is 2.17. The molecule has 0 fully saturated rings. The van der Waals surface area contributed by atoms with E-state index in [1.807, 2.05) is 32.3 Å². The van der Waals surface area contributed by atoms with Crippen molar-refractivity contribution in [1.82, 2.24) is 19.7 Å². The Balaban J connectivity index is 2.26. The van der Waals surface area contributed by atoms with Crippen molar-refractivity contribution in [3.63, 3.8) is 0 Å². The zero-order chi connectivity index (χ0) is 12.7. The van der Waals surface area contributed by atoms with Crippen LogP contribution >= 0.6 is 0 Å². The molecule has 0 atom stereocenters. The summed E-state index contributed by atoms with van der Waals surface area (Å²) in [6, 6.07) is 7.68. The second-order valence-electron chi connectivity index (χ2n) is 4.20. The van der Waals surface area contributed by atoms with Crippen molar-refractivity contribution in [3.05, 3.63) is 35.7 Å². The maximum Gasteiger partial charge on any atom is 0.142 e. The number of rotatable bonds is 1. The number of benzene rings is 1. The molecule has 0 saturated carbocycles. The third-order valence-electron chi connectivity index (χ3n) is 2.90. The van der Waals surface area contributed by atoms with Gasteiger partial charge in [-0.1, -0.05) is 6.07 Å². The smallest absolute Gasteiger partial charge is 0.142 e.